The van der Waals surface area contributed by atoms with Gasteiger partial charge in [0.1, 0.15) is 0 Å². The Morgan fingerprint density at radius 3 is 1.91 bits per heavy atom. The molecule has 0 spiro atoms. The van der Waals surface area contributed by atoms with Crippen molar-refractivity contribution >= 4 is 15.9 Å². The molecule has 2 nitrogen and oxygen atoms in total. The van der Waals surface area contributed by atoms with Gasteiger partial charge in [0, 0.05) is 25.1 Å². The van der Waals surface area contributed by atoms with Crippen molar-refractivity contribution in [3.05, 3.63) is 34.9 Å². The van der Waals surface area contributed by atoms with E-state index in [1.807, 2.05) is 32.1 Å². The van der Waals surface area contributed by atoms with E-state index in [0.29, 0.717) is 0 Å². The van der Waals surface area contributed by atoms with Crippen LogP contribution in [0.3, 0.4) is 0 Å². The SMILES string of the molecule is C=C(C)/C=C\C(Br)=C/C.CCCC(CCC)CC(OC)OC. The first-order valence-electron chi connectivity index (χ1n) is 8.15. The van der Waals surface area contributed by atoms with Gasteiger partial charge < -0.3 is 9.47 Å². The van der Waals surface area contributed by atoms with Gasteiger partial charge in [0.25, 0.3) is 0 Å². The predicted molar refractivity (Wildman–Crippen MR) is 102 cm³/mol. The second-order valence-electron chi connectivity index (χ2n) is 5.43. The Morgan fingerprint density at radius 2 is 1.59 bits per heavy atom. The second kappa shape index (κ2) is 17.0. The molecule has 0 aromatic carbocycles. The molecule has 0 aliphatic rings. The maximum absolute atomic E-state index is 5.20. The summed E-state index contributed by atoms with van der Waals surface area (Å²) in [5, 5.41) is 0. The predicted octanol–water partition coefficient (Wildman–Crippen LogP) is 6.63. The Labute approximate surface area is 146 Å². The highest BCUT2D eigenvalue weighted by molar-refractivity contribution is 9.11. The highest BCUT2D eigenvalue weighted by Crippen LogP contribution is 2.20. The van der Waals surface area contributed by atoms with Crippen LogP contribution in [0.2, 0.25) is 0 Å². The van der Waals surface area contributed by atoms with Gasteiger partial charge in [-0.3, -0.25) is 0 Å². The van der Waals surface area contributed by atoms with E-state index >= 15 is 0 Å². The normalized spacial score (nSPS) is 12.0. The molecule has 0 aromatic rings. The molecule has 0 aliphatic heterocycles. The lowest BCUT2D eigenvalue weighted by Gasteiger charge is -2.20. The molecule has 0 saturated carbocycles. The fraction of sp³-hybridized carbons (Fsp3) is 0.684. The Balaban J connectivity index is 0. The molecule has 0 heterocycles. The summed E-state index contributed by atoms with van der Waals surface area (Å²) in [6, 6.07) is 0. The largest absolute Gasteiger partial charge is 0.356 e. The third-order valence-corrected chi connectivity index (χ3v) is 3.97. The van der Waals surface area contributed by atoms with Crippen molar-refractivity contribution in [2.24, 2.45) is 5.92 Å². The van der Waals surface area contributed by atoms with E-state index in [-0.39, 0.29) is 6.29 Å². The van der Waals surface area contributed by atoms with Gasteiger partial charge in [-0.2, -0.15) is 0 Å². The Kier molecular flexibility index (Phi) is 18.4. The van der Waals surface area contributed by atoms with E-state index in [0.717, 1.165) is 22.4 Å². The monoisotopic (exact) mass is 374 g/mol. The summed E-state index contributed by atoms with van der Waals surface area (Å²) < 4.78 is 11.5. The second-order valence-corrected chi connectivity index (χ2v) is 6.35. The lowest BCUT2D eigenvalue weighted by atomic mass is 9.94. The fourth-order valence-corrected chi connectivity index (χ4v) is 2.21. The molecule has 0 aliphatic carbocycles. The average Bonchev–Trinajstić information content (AvgIpc) is 2.51. The summed E-state index contributed by atoms with van der Waals surface area (Å²) in [4.78, 5) is 0. The van der Waals surface area contributed by atoms with Gasteiger partial charge in [-0.05, 0) is 25.8 Å². The Bertz CT molecular complexity index is 311. The molecule has 0 unspecified atom stereocenters. The molecule has 130 valence electrons. The summed E-state index contributed by atoms with van der Waals surface area (Å²) in [7, 11) is 3.42. The van der Waals surface area contributed by atoms with Crippen LogP contribution in [0.15, 0.2) is 34.9 Å². The molecule has 0 rings (SSSR count). The lowest BCUT2D eigenvalue weighted by molar-refractivity contribution is -0.115. The zero-order valence-corrected chi connectivity index (χ0v) is 16.9. The molecule has 0 saturated heterocycles. The fourth-order valence-electron chi connectivity index (χ4n) is 2.08. The van der Waals surface area contributed by atoms with Crippen LogP contribution in [0.4, 0.5) is 0 Å². The first-order valence-corrected chi connectivity index (χ1v) is 8.95. The average molecular weight is 375 g/mol. The smallest absolute Gasteiger partial charge is 0.157 e. The molecular weight excluding hydrogens is 340 g/mol. The van der Waals surface area contributed by atoms with Gasteiger partial charge in [0.05, 0.1) is 0 Å². The van der Waals surface area contributed by atoms with Crippen LogP contribution in [0.5, 0.6) is 0 Å². The molecule has 0 bridgehead atoms. The van der Waals surface area contributed by atoms with E-state index in [1.165, 1.54) is 25.7 Å². The molecule has 22 heavy (non-hydrogen) atoms. The van der Waals surface area contributed by atoms with Crippen LogP contribution in [-0.2, 0) is 9.47 Å². The van der Waals surface area contributed by atoms with Crippen molar-refractivity contribution in [3.8, 4) is 0 Å². The van der Waals surface area contributed by atoms with Crippen LogP contribution < -0.4 is 0 Å². The van der Waals surface area contributed by atoms with Crippen molar-refractivity contribution in [2.45, 2.75) is 66.1 Å². The Morgan fingerprint density at radius 1 is 1.09 bits per heavy atom. The topological polar surface area (TPSA) is 18.5 Å². The standard InChI is InChI=1S/C11H24O2.C8H11Br/c1-5-7-10(8-6-2)9-11(12-3)13-4;1-4-8(9)6-5-7(2)3/h10-11H,5-9H2,1-4H3;4-6H,2H2,1,3H3/b;6-5-,8-4+. The first-order chi connectivity index (χ1) is 10.4. The minimum atomic E-state index is -0.0110. The highest BCUT2D eigenvalue weighted by atomic mass is 79.9. The van der Waals surface area contributed by atoms with E-state index < -0.39 is 0 Å². The van der Waals surface area contributed by atoms with Gasteiger partial charge in [-0.25, -0.2) is 0 Å². The maximum atomic E-state index is 5.20. The van der Waals surface area contributed by atoms with Crippen molar-refractivity contribution in [1.29, 1.82) is 0 Å². The van der Waals surface area contributed by atoms with Crippen LogP contribution in [0.1, 0.15) is 59.8 Å². The maximum Gasteiger partial charge on any atom is 0.157 e. The molecule has 0 N–H and O–H groups in total. The minimum Gasteiger partial charge on any atom is -0.356 e. The van der Waals surface area contributed by atoms with Crippen LogP contribution in [0, 0.1) is 5.92 Å². The van der Waals surface area contributed by atoms with Crippen molar-refractivity contribution in [2.75, 3.05) is 14.2 Å². The third-order valence-electron chi connectivity index (χ3n) is 3.25. The minimum absolute atomic E-state index is 0.0110. The van der Waals surface area contributed by atoms with E-state index in [2.05, 4.69) is 36.4 Å². The molecule has 0 radical (unpaired) electrons. The number of hydrogen-bond donors (Lipinski definition) is 0. The molecule has 0 fully saturated rings. The van der Waals surface area contributed by atoms with Crippen molar-refractivity contribution in [3.63, 3.8) is 0 Å². The summed E-state index contributed by atoms with van der Waals surface area (Å²) in [6.45, 7) is 12.1. The summed E-state index contributed by atoms with van der Waals surface area (Å²) in [5.74, 6) is 0.764. The molecule has 0 amide bonds. The van der Waals surface area contributed by atoms with E-state index in [9.17, 15) is 0 Å². The molecule has 3 heteroatoms. The van der Waals surface area contributed by atoms with Crippen molar-refractivity contribution < 1.29 is 9.47 Å². The summed E-state index contributed by atoms with van der Waals surface area (Å²) in [6.07, 6.45) is 12.0. The van der Waals surface area contributed by atoms with Crippen LogP contribution >= 0.6 is 15.9 Å². The van der Waals surface area contributed by atoms with Crippen LogP contribution in [-0.4, -0.2) is 20.5 Å². The van der Waals surface area contributed by atoms with Crippen LogP contribution in [0.25, 0.3) is 0 Å². The van der Waals surface area contributed by atoms with Crippen molar-refractivity contribution in [1.82, 2.24) is 0 Å². The summed E-state index contributed by atoms with van der Waals surface area (Å²) in [5.41, 5.74) is 1.06. The van der Waals surface area contributed by atoms with Gasteiger partial charge in [0.15, 0.2) is 6.29 Å². The third kappa shape index (κ3) is 16.0. The highest BCUT2D eigenvalue weighted by Gasteiger charge is 2.13. The van der Waals surface area contributed by atoms with E-state index in [1.54, 1.807) is 14.2 Å². The number of allylic oxidation sites excluding steroid dienone is 5. The molecule has 0 aromatic heterocycles. The van der Waals surface area contributed by atoms with Gasteiger partial charge in [0.2, 0.25) is 0 Å². The quantitative estimate of drug-likeness (QED) is 0.315. The van der Waals surface area contributed by atoms with Gasteiger partial charge >= 0.3 is 0 Å². The van der Waals surface area contributed by atoms with Gasteiger partial charge in [-0.15, -0.1) is 0 Å². The molecule has 0 atom stereocenters. The molecular formula is C19H35BrO2. The number of hydrogen-bond acceptors (Lipinski definition) is 2. The summed E-state index contributed by atoms with van der Waals surface area (Å²) >= 11 is 3.34. The lowest BCUT2D eigenvalue weighted by Crippen LogP contribution is -2.18. The first kappa shape index (κ1) is 23.9. The number of methoxy groups -OCH3 is 2. The number of halogens is 1. The zero-order chi connectivity index (χ0) is 17.4. The van der Waals surface area contributed by atoms with Gasteiger partial charge in [-0.1, -0.05) is 79.8 Å². The number of rotatable bonds is 10. The zero-order valence-electron chi connectivity index (χ0n) is 15.3. The Hall–Kier alpha value is -0.380. The van der Waals surface area contributed by atoms with E-state index in [4.69, 9.17) is 9.47 Å². The number of ether oxygens (including phenoxy) is 2.